The zero-order valence-electron chi connectivity index (χ0n) is 9.38. The van der Waals surface area contributed by atoms with Gasteiger partial charge in [-0.05, 0) is 52.3 Å². The summed E-state index contributed by atoms with van der Waals surface area (Å²) in [5, 5.41) is 2.78. The largest absolute Gasteiger partial charge is 0.320 e. The second-order valence-corrected chi connectivity index (χ2v) is 5.88. The van der Waals surface area contributed by atoms with Crippen molar-refractivity contribution < 1.29 is 9.18 Å². The molecule has 2 rings (SSSR count). The van der Waals surface area contributed by atoms with Crippen LogP contribution in [0, 0.1) is 5.82 Å². The molecule has 0 radical (unpaired) electrons. The number of hydrogen-bond donors (Lipinski definition) is 1. The number of anilines is 1. The lowest BCUT2D eigenvalue weighted by Gasteiger charge is -2.09. The molecule has 2 nitrogen and oxygen atoms in total. The molecule has 0 spiro atoms. The van der Waals surface area contributed by atoms with Gasteiger partial charge in [0.15, 0.2) is 0 Å². The third-order valence-electron chi connectivity index (χ3n) is 2.35. The fourth-order valence-corrected chi connectivity index (χ4v) is 2.61. The summed E-state index contributed by atoms with van der Waals surface area (Å²) in [6.45, 7) is 0. The third-order valence-corrected chi connectivity index (χ3v) is 3.80. The molecule has 0 aromatic heterocycles. The van der Waals surface area contributed by atoms with E-state index in [4.69, 9.17) is 11.6 Å². The molecule has 0 saturated carbocycles. The Kier molecular flexibility index (Phi) is 4.60. The van der Waals surface area contributed by atoms with Gasteiger partial charge in [0.1, 0.15) is 5.82 Å². The summed E-state index contributed by atoms with van der Waals surface area (Å²) in [5.74, 6) is -0.791. The van der Waals surface area contributed by atoms with Crippen LogP contribution in [0.15, 0.2) is 45.3 Å². The van der Waals surface area contributed by atoms with Crippen LogP contribution in [-0.4, -0.2) is 5.91 Å². The zero-order valence-corrected chi connectivity index (χ0v) is 13.3. The number of carbonyl (C=O) groups is 1. The lowest BCUT2D eigenvalue weighted by atomic mass is 10.2. The number of rotatable bonds is 2. The van der Waals surface area contributed by atoms with Gasteiger partial charge < -0.3 is 5.32 Å². The molecule has 0 aliphatic carbocycles. The predicted molar refractivity (Wildman–Crippen MR) is 81.2 cm³/mol. The maximum absolute atomic E-state index is 13.1. The molecule has 1 N–H and O–H groups in total. The molecule has 6 heteroatoms. The maximum atomic E-state index is 13.1. The van der Waals surface area contributed by atoms with Crippen molar-refractivity contribution in [2.45, 2.75) is 0 Å². The molecule has 19 heavy (non-hydrogen) atoms. The molecule has 0 heterocycles. The van der Waals surface area contributed by atoms with Gasteiger partial charge in [-0.15, -0.1) is 0 Å². The van der Waals surface area contributed by atoms with Crippen molar-refractivity contribution in [1.29, 1.82) is 0 Å². The van der Waals surface area contributed by atoms with E-state index in [0.717, 1.165) is 10.5 Å². The Bertz CT molecular complexity index is 608. The predicted octanol–water partition coefficient (Wildman–Crippen LogP) is 5.26. The highest BCUT2D eigenvalue weighted by atomic mass is 79.9. The van der Waals surface area contributed by atoms with Gasteiger partial charge in [-0.2, -0.15) is 0 Å². The second kappa shape index (κ2) is 6.03. The molecular weight excluding hydrogens is 400 g/mol. The second-order valence-electron chi connectivity index (χ2n) is 3.71. The van der Waals surface area contributed by atoms with Gasteiger partial charge in [-0.25, -0.2) is 4.39 Å². The van der Waals surface area contributed by atoms with Crippen molar-refractivity contribution in [2.75, 3.05) is 5.32 Å². The summed E-state index contributed by atoms with van der Waals surface area (Å²) in [5.41, 5.74) is 0.825. The highest BCUT2D eigenvalue weighted by molar-refractivity contribution is 9.10. The summed E-state index contributed by atoms with van der Waals surface area (Å²) in [4.78, 5) is 12.0. The fraction of sp³-hybridized carbons (Fsp3) is 0. The van der Waals surface area contributed by atoms with Gasteiger partial charge in [0.2, 0.25) is 0 Å². The Morgan fingerprint density at radius 1 is 1.16 bits per heavy atom. The minimum atomic E-state index is -0.474. The molecule has 0 aliphatic heterocycles. The zero-order chi connectivity index (χ0) is 14.0. The molecule has 0 aliphatic rings. The van der Waals surface area contributed by atoms with E-state index in [1.165, 1.54) is 6.07 Å². The molecule has 98 valence electrons. The van der Waals surface area contributed by atoms with E-state index in [1.54, 1.807) is 24.3 Å². The van der Waals surface area contributed by atoms with Crippen molar-refractivity contribution in [3.8, 4) is 0 Å². The van der Waals surface area contributed by atoms with Crippen molar-refractivity contribution in [1.82, 2.24) is 0 Å². The van der Waals surface area contributed by atoms with Gasteiger partial charge in [-0.1, -0.05) is 27.5 Å². The molecule has 0 bridgehead atoms. The lowest BCUT2D eigenvalue weighted by Crippen LogP contribution is -2.12. The van der Waals surface area contributed by atoms with Gasteiger partial charge in [0, 0.05) is 14.5 Å². The Labute approximate surface area is 131 Å². The van der Waals surface area contributed by atoms with Gasteiger partial charge in [0.05, 0.1) is 10.7 Å². The Morgan fingerprint density at radius 2 is 1.79 bits per heavy atom. The highest BCUT2D eigenvalue weighted by Crippen LogP contribution is 2.32. The van der Waals surface area contributed by atoms with Crippen molar-refractivity contribution in [3.05, 3.63) is 61.7 Å². The molecule has 1 amide bonds. The van der Waals surface area contributed by atoms with Crippen LogP contribution in [0.4, 0.5) is 10.1 Å². The number of hydrogen-bond acceptors (Lipinski definition) is 1. The van der Waals surface area contributed by atoms with Crippen LogP contribution in [0.3, 0.4) is 0 Å². The summed E-state index contributed by atoms with van der Waals surface area (Å²) in [6, 6.07) is 9.24. The van der Waals surface area contributed by atoms with E-state index in [2.05, 4.69) is 37.2 Å². The monoisotopic (exact) mass is 405 g/mol. The van der Waals surface area contributed by atoms with E-state index in [1.807, 2.05) is 0 Å². The van der Waals surface area contributed by atoms with Crippen molar-refractivity contribution in [3.63, 3.8) is 0 Å². The van der Waals surface area contributed by atoms with Crippen LogP contribution in [0.5, 0.6) is 0 Å². The van der Waals surface area contributed by atoms with Gasteiger partial charge >= 0.3 is 0 Å². The van der Waals surface area contributed by atoms with Crippen molar-refractivity contribution >= 4 is 55.1 Å². The van der Waals surface area contributed by atoms with Crippen LogP contribution >= 0.6 is 43.5 Å². The first kappa shape index (κ1) is 14.5. The molecule has 0 unspecified atom stereocenters. The normalized spacial score (nSPS) is 10.3. The van der Waals surface area contributed by atoms with E-state index in [9.17, 15) is 9.18 Å². The molecular formula is C13H7Br2ClFNO. The average Bonchev–Trinajstić information content (AvgIpc) is 2.34. The minimum absolute atomic E-state index is 0.136. The summed E-state index contributed by atoms with van der Waals surface area (Å²) >= 11 is 12.4. The standard InChI is InChI=1S/C13H7Br2ClFNO/c14-8-3-1-7(2-4-8)13(19)18-12-10(15)5-9(17)6-11(12)16/h1-6H,(H,18,19). The van der Waals surface area contributed by atoms with E-state index in [-0.39, 0.29) is 10.9 Å². The summed E-state index contributed by atoms with van der Waals surface area (Å²) in [6.07, 6.45) is 0. The molecule has 2 aromatic carbocycles. The Balaban J connectivity index is 2.26. The van der Waals surface area contributed by atoms with Gasteiger partial charge in [-0.3, -0.25) is 4.79 Å². The fourth-order valence-electron chi connectivity index (χ4n) is 1.45. The van der Waals surface area contributed by atoms with E-state index in [0.29, 0.717) is 15.7 Å². The first-order chi connectivity index (χ1) is 8.97. The van der Waals surface area contributed by atoms with Gasteiger partial charge in [0.25, 0.3) is 5.91 Å². The van der Waals surface area contributed by atoms with E-state index < -0.39 is 5.82 Å². The first-order valence-electron chi connectivity index (χ1n) is 5.19. The number of halogens is 4. The highest BCUT2D eigenvalue weighted by Gasteiger charge is 2.12. The third kappa shape index (κ3) is 3.55. The molecule has 0 fully saturated rings. The topological polar surface area (TPSA) is 29.1 Å². The maximum Gasteiger partial charge on any atom is 0.255 e. The van der Waals surface area contributed by atoms with Crippen molar-refractivity contribution in [2.24, 2.45) is 0 Å². The van der Waals surface area contributed by atoms with Crippen LogP contribution in [0.25, 0.3) is 0 Å². The van der Waals surface area contributed by atoms with Crippen LogP contribution in [-0.2, 0) is 0 Å². The summed E-state index contributed by atoms with van der Waals surface area (Å²) < 4.78 is 14.4. The number of benzene rings is 2. The number of carbonyl (C=O) groups excluding carboxylic acids is 1. The number of amides is 1. The molecule has 0 saturated heterocycles. The average molecular weight is 407 g/mol. The first-order valence-corrected chi connectivity index (χ1v) is 7.15. The minimum Gasteiger partial charge on any atom is -0.320 e. The van der Waals surface area contributed by atoms with E-state index >= 15 is 0 Å². The SMILES string of the molecule is O=C(Nc1c(Cl)cc(F)cc1Br)c1ccc(Br)cc1. The smallest absolute Gasteiger partial charge is 0.255 e. The van der Waals surface area contributed by atoms with Crippen LogP contribution < -0.4 is 5.32 Å². The van der Waals surface area contributed by atoms with Crippen LogP contribution in [0.1, 0.15) is 10.4 Å². The Hall–Kier alpha value is -0.910. The lowest BCUT2D eigenvalue weighted by molar-refractivity contribution is 0.102. The number of nitrogens with one attached hydrogen (secondary N) is 1. The molecule has 2 aromatic rings. The summed E-state index contributed by atoms with van der Waals surface area (Å²) in [7, 11) is 0. The quantitative estimate of drug-likeness (QED) is 0.723. The molecule has 0 atom stereocenters. The Morgan fingerprint density at radius 3 is 2.37 bits per heavy atom. The van der Waals surface area contributed by atoms with Crippen LogP contribution in [0.2, 0.25) is 5.02 Å².